The predicted molar refractivity (Wildman–Crippen MR) is 90.9 cm³/mol. The Morgan fingerprint density at radius 1 is 1.22 bits per heavy atom. The first-order chi connectivity index (χ1) is 10.9. The number of nitriles is 1. The molecule has 126 valence electrons. The quantitative estimate of drug-likeness (QED) is 0.837. The van der Waals surface area contributed by atoms with Gasteiger partial charge in [-0.25, -0.2) is 8.42 Å². The maximum Gasteiger partial charge on any atom is 0.244 e. The van der Waals surface area contributed by atoms with E-state index in [1.54, 1.807) is 10.4 Å². The molecule has 0 N–H and O–H groups in total. The lowest BCUT2D eigenvalue weighted by molar-refractivity contribution is 0.137. The van der Waals surface area contributed by atoms with Crippen LogP contribution in [0.3, 0.4) is 0 Å². The van der Waals surface area contributed by atoms with E-state index in [0.717, 1.165) is 42.1 Å². The first kappa shape index (κ1) is 16.9. The van der Waals surface area contributed by atoms with Gasteiger partial charge in [0.2, 0.25) is 10.0 Å². The van der Waals surface area contributed by atoms with Crippen molar-refractivity contribution < 1.29 is 8.42 Å². The zero-order chi connectivity index (χ0) is 16.6. The summed E-state index contributed by atoms with van der Waals surface area (Å²) in [6, 6.07) is 4.61. The van der Waals surface area contributed by atoms with E-state index in [2.05, 4.69) is 11.0 Å². The van der Waals surface area contributed by atoms with E-state index >= 15 is 0 Å². The second kappa shape index (κ2) is 6.52. The number of hydrogen-bond acceptors (Lipinski definition) is 5. The molecule has 2 heterocycles. The van der Waals surface area contributed by atoms with Gasteiger partial charge in [0.05, 0.1) is 11.0 Å². The summed E-state index contributed by atoms with van der Waals surface area (Å²) < 4.78 is 27.3. The number of rotatable bonds is 3. The van der Waals surface area contributed by atoms with Crippen molar-refractivity contribution in [2.24, 2.45) is 5.92 Å². The maximum atomic E-state index is 12.8. The summed E-state index contributed by atoms with van der Waals surface area (Å²) in [6.45, 7) is 6.45. The molecule has 1 aliphatic heterocycles. The number of hydrogen-bond donors (Lipinski definition) is 0. The molecule has 0 aromatic carbocycles. The smallest absolute Gasteiger partial charge is 0.244 e. The average Bonchev–Trinajstić information content (AvgIpc) is 3.14. The van der Waals surface area contributed by atoms with Crippen molar-refractivity contribution in [2.75, 3.05) is 26.2 Å². The van der Waals surface area contributed by atoms with E-state index in [-0.39, 0.29) is 5.92 Å². The van der Waals surface area contributed by atoms with Gasteiger partial charge in [0.1, 0.15) is 0 Å². The molecule has 0 bridgehead atoms. The molecule has 1 aromatic heterocycles. The third-order valence-corrected chi connectivity index (χ3v) is 8.11. The Bertz CT molecular complexity index is 712. The van der Waals surface area contributed by atoms with Crippen LogP contribution >= 0.6 is 11.3 Å². The van der Waals surface area contributed by atoms with Gasteiger partial charge in [0.15, 0.2) is 0 Å². The molecule has 1 aromatic rings. The highest BCUT2D eigenvalue weighted by molar-refractivity contribution is 7.89. The molecule has 0 spiro atoms. The molecular formula is C16H23N3O2S2. The Morgan fingerprint density at radius 3 is 2.43 bits per heavy atom. The van der Waals surface area contributed by atoms with Crippen molar-refractivity contribution in [1.29, 1.82) is 5.26 Å². The van der Waals surface area contributed by atoms with Crippen LogP contribution in [0.5, 0.6) is 0 Å². The van der Waals surface area contributed by atoms with Crippen molar-refractivity contribution in [3.63, 3.8) is 0 Å². The van der Waals surface area contributed by atoms with Crippen LogP contribution in [0.4, 0.5) is 0 Å². The fourth-order valence-electron chi connectivity index (χ4n) is 3.72. The largest absolute Gasteiger partial charge is 0.298 e. The van der Waals surface area contributed by atoms with E-state index < -0.39 is 10.0 Å². The fourth-order valence-corrected chi connectivity index (χ4v) is 6.66. The maximum absolute atomic E-state index is 12.8. The Labute approximate surface area is 142 Å². The van der Waals surface area contributed by atoms with Crippen molar-refractivity contribution in [2.45, 2.75) is 44.0 Å². The van der Waals surface area contributed by atoms with Crippen LogP contribution in [0, 0.1) is 31.1 Å². The van der Waals surface area contributed by atoms with Gasteiger partial charge in [0.25, 0.3) is 0 Å². The van der Waals surface area contributed by atoms with Gasteiger partial charge >= 0.3 is 0 Å². The van der Waals surface area contributed by atoms with Gasteiger partial charge in [-0.05, 0) is 39.2 Å². The molecule has 2 aliphatic rings. The predicted octanol–water partition coefficient (Wildman–Crippen LogP) is 2.36. The van der Waals surface area contributed by atoms with Gasteiger partial charge < -0.3 is 0 Å². The summed E-state index contributed by atoms with van der Waals surface area (Å²) in [5, 5.41) is 9.03. The first-order valence-electron chi connectivity index (χ1n) is 8.12. The molecule has 2 fully saturated rings. The Hall–Kier alpha value is -0.940. The van der Waals surface area contributed by atoms with Crippen LogP contribution in [0.25, 0.3) is 0 Å². The highest BCUT2D eigenvalue weighted by Crippen LogP contribution is 2.31. The Balaban J connectivity index is 1.65. The lowest BCUT2D eigenvalue weighted by Gasteiger charge is -2.37. The Kier molecular flexibility index (Phi) is 4.79. The van der Waals surface area contributed by atoms with Gasteiger partial charge in [-0.1, -0.05) is 0 Å². The number of thiophene rings is 1. The zero-order valence-electron chi connectivity index (χ0n) is 13.7. The molecule has 2 atom stereocenters. The molecule has 23 heavy (non-hydrogen) atoms. The van der Waals surface area contributed by atoms with Crippen molar-refractivity contribution in [3.8, 4) is 6.07 Å². The third kappa shape index (κ3) is 3.31. The van der Waals surface area contributed by atoms with Gasteiger partial charge in [0, 0.05) is 47.9 Å². The summed E-state index contributed by atoms with van der Waals surface area (Å²) in [5.41, 5.74) is 0. The fraction of sp³-hybridized carbons (Fsp3) is 0.688. The minimum absolute atomic E-state index is 0.179. The zero-order valence-corrected chi connectivity index (χ0v) is 15.3. The highest BCUT2D eigenvalue weighted by Gasteiger charge is 2.35. The standard InChI is InChI=1S/C16H23N3O2S2/c1-12-9-16(13(2)22-12)23(20,21)19-7-5-18(6-8-19)15-4-3-14(10-15)11-17/h9,14-15H,3-8,10H2,1-2H3/t14-,15-/m0/s1. The van der Waals surface area contributed by atoms with E-state index in [1.807, 2.05) is 13.8 Å². The molecule has 0 unspecified atom stereocenters. The number of nitrogens with zero attached hydrogens (tertiary/aromatic N) is 3. The Morgan fingerprint density at radius 2 is 1.91 bits per heavy atom. The summed E-state index contributed by atoms with van der Waals surface area (Å²) in [5.74, 6) is 0.179. The van der Waals surface area contributed by atoms with Gasteiger partial charge in [-0.3, -0.25) is 4.90 Å². The minimum atomic E-state index is -3.37. The lowest BCUT2D eigenvalue weighted by atomic mass is 10.1. The second-order valence-electron chi connectivity index (χ2n) is 6.51. The summed E-state index contributed by atoms with van der Waals surface area (Å²) >= 11 is 1.54. The van der Waals surface area contributed by atoms with Crippen molar-refractivity contribution >= 4 is 21.4 Å². The minimum Gasteiger partial charge on any atom is -0.298 e. The average molecular weight is 354 g/mol. The van der Waals surface area contributed by atoms with Gasteiger partial charge in [-0.2, -0.15) is 9.57 Å². The molecule has 7 heteroatoms. The highest BCUT2D eigenvalue weighted by atomic mass is 32.2. The summed E-state index contributed by atoms with van der Waals surface area (Å²) in [6.07, 6.45) is 2.98. The van der Waals surface area contributed by atoms with Crippen LogP contribution in [-0.2, 0) is 10.0 Å². The molecule has 5 nitrogen and oxygen atoms in total. The molecule has 1 aliphatic carbocycles. The molecule has 1 saturated carbocycles. The number of aryl methyl sites for hydroxylation is 2. The molecule has 3 rings (SSSR count). The molecule has 0 radical (unpaired) electrons. The number of sulfonamides is 1. The van der Waals surface area contributed by atoms with Crippen molar-refractivity contribution in [3.05, 3.63) is 15.8 Å². The third-order valence-electron chi connectivity index (χ3n) is 4.99. The second-order valence-corrected chi connectivity index (χ2v) is 9.88. The van der Waals surface area contributed by atoms with Crippen LogP contribution < -0.4 is 0 Å². The van der Waals surface area contributed by atoms with Crippen LogP contribution in [0.1, 0.15) is 29.0 Å². The first-order valence-corrected chi connectivity index (χ1v) is 10.4. The van der Waals surface area contributed by atoms with E-state index in [4.69, 9.17) is 5.26 Å². The SMILES string of the molecule is Cc1cc(S(=O)(=O)N2CCN([C@H]3CC[C@H](C#N)C3)CC2)c(C)s1. The summed E-state index contributed by atoms with van der Waals surface area (Å²) in [4.78, 5) is 4.75. The lowest BCUT2D eigenvalue weighted by Crippen LogP contribution is -2.51. The molecule has 1 saturated heterocycles. The molecule has 0 amide bonds. The van der Waals surface area contributed by atoms with E-state index in [9.17, 15) is 8.42 Å². The van der Waals surface area contributed by atoms with Crippen LogP contribution in [-0.4, -0.2) is 49.8 Å². The van der Waals surface area contributed by atoms with E-state index in [1.165, 1.54) is 11.3 Å². The normalized spacial score (nSPS) is 27.2. The van der Waals surface area contributed by atoms with Gasteiger partial charge in [-0.15, -0.1) is 11.3 Å². The van der Waals surface area contributed by atoms with Crippen LogP contribution in [0.2, 0.25) is 0 Å². The van der Waals surface area contributed by atoms with Crippen LogP contribution in [0.15, 0.2) is 11.0 Å². The van der Waals surface area contributed by atoms with E-state index in [0.29, 0.717) is 24.0 Å². The topological polar surface area (TPSA) is 64.4 Å². The van der Waals surface area contributed by atoms with Crippen molar-refractivity contribution in [1.82, 2.24) is 9.21 Å². The number of piperazine rings is 1. The monoisotopic (exact) mass is 353 g/mol. The summed E-state index contributed by atoms with van der Waals surface area (Å²) in [7, 11) is -3.37. The molecular weight excluding hydrogens is 330 g/mol.